The molecule has 0 bridgehead atoms. The van der Waals surface area contributed by atoms with Gasteiger partial charge >= 0.3 is 6.03 Å². The van der Waals surface area contributed by atoms with Crippen LogP contribution in [0.25, 0.3) is 22.3 Å². The van der Waals surface area contributed by atoms with Crippen LogP contribution in [-0.4, -0.2) is 103 Å². The number of rotatable bonds is 9. The SMILES string of the molecule is Cc1nc2c(F)cc(-c3nc(Nc4ccc(N5CCC(N6CCN(Cc7ccc(N8CCC(=O)NC8=O)cn7)CC6)CC5)cn4)ncc3F)cc2n1C(C)C. The van der Waals surface area contributed by atoms with Gasteiger partial charge in [0.15, 0.2) is 11.6 Å². The Hall–Kier alpha value is -5.61. The van der Waals surface area contributed by atoms with Gasteiger partial charge in [-0.25, -0.2) is 33.5 Å². The van der Waals surface area contributed by atoms with E-state index < -0.39 is 17.7 Å². The second kappa shape index (κ2) is 15.3. The van der Waals surface area contributed by atoms with Gasteiger partial charge in [0.05, 0.1) is 41.2 Å². The minimum atomic E-state index is -0.656. The normalized spacial score (nSPS) is 17.7. The maximum absolute atomic E-state index is 15.1. The molecule has 0 atom stereocenters. The summed E-state index contributed by atoms with van der Waals surface area (Å²) in [7, 11) is 0. The van der Waals surface area contributed by atoms with E-state index in [0.717, 1.165) is 76.2 Å². The van der Waals surface area contributed by atoms with Gasteiger partial charge in [0.25, 0.3) is 0 Å². The maximum atomic E-state index is 15.1. The van der Waals surface area contributed by atoms with Crippen LogP contribution in [0.5, 0.6) is 0 Å². The van der Waals surface area contributed by atoms with Crippen molar-refractivity contribution in [3.05, 3.63) is 78.1 Å². The zero-order chi connectivity index (χ0) is 38.2. The molecular weight excluding hydrogens is 707 g/mol. The fraction of sp³-hybridized carbons (Fsp3) is 0.410. The number of aromatic nitrogens is 6. The molecule has 3 saturated heterocycles. The van der Waals surface area contributed by atoms with Crippen LogP contribution >= 0.6 is 0 Å². The summed E-state index contributed by atoms with van der Waals surface area (Å²) in [4.78, 5) is 54.6. The standard InChI is InChI=1S/C39H44F2N12O2/c1-24(2)53-25(3)45-37-31(40)18-26(19-33(37)53)36-32(41)22-44-38(48-36)46-34-7-6-29(20-43-34)50-11-8-28(9-12-50)51-16-14-49(15-17-51)23-27-4-5-30(21-42-27)52-13-10-35(54)47-39(52)55/h4-7,18-22,24,28H,8-17,23H2,1-3H3,(H,47,54,55)(H,43,44,46,48). The Balaban J connectivity index is 0.825. The van der Waals surface area contributed by atoms with Crippen molar-refractivity contribution in [2.75, 3.05) is 60.9 Å². The second-order valence-corrected chi connectivity index (χ2v) is 14.7. The van der Waals surface area contributed by atoms with Gasteiger partial charge < -0.3 is 14.8 Å². The number of imide groups is 1. The average molecular weight is 751 g/mol. The molecule has 4 aromatic heterocycles. The number of benzene rings is 1. The van der Waals surface area contributed by atoms with Crippen LogP contribution in [0.2, 0.25) is 0 Å². The molecule has 3 aliphatic heterocycles. The number of carbonyl (C=O) groups excluding carboxylic acids is 2. The number of hydrogen-bond donors (Lipinski definition) is 2. The first kappa shape index (κ1) is 36.4. The number of piperazine rings is 1. The van der Waals surface area contributed by atoms with Crippen molar-refractivity contribution in [3.8, 4) is 11.3 Å². The number of aryl methyl sites for hydroxylation is 1. The summed E-state index contributed by atoms with van der Waals surface area (Å²) >= 11 is 0. The van der Waals surface area contributed by atoms with E-state index in [1.165, 1.54) is 6.07 Å². The number of piperidine rings is 1. The van der Waals surface area contributed by atoms with E-state index in [-0.39, 0.29) is 35.5 Å². The van der Waals surface area contributed by atoms with Crippen molar-refractivity contribution in [1.82, 2.24) is 44.6 Å². The number of carbonyl (C=O) groups is 2. The highest BCUT2D eigenvalue weighted by atomic mass is 19.1. The fourth-order valence-electron chi connectivity index (χ4n) is 7.93. The Morgan fingerprint density at radius 3 is 2.31 bits per heavy atom. The quantitative estimate of drug-likeness (QED) is 0.200. The lowest BCUT2D eigenvalue weighted by Gasteiger charge is -2.43. The molecule has 2 N–H and O–H groups in total. The van der Waals surface area contributed by atoms with Gasteiger partial charge in [0.1, 0.15) is 22.9 Å². The molecule has 286 valence electrons. The van der Waals surface area contributed by atoms with Crippen molar-refractivity contribution >= 4 is 46.1 Å². The van der Waals surface area contributed by atoms with Crippen LogP contribution < -0.4 is 20.4 Å². The number of fused-ring (bicyclic) bond motifs is 1. The summed E-state index contributed by atoms with van der Waals surface area (Å²) < 4.78 is 32.1. The molecule has 0 unspecified atom stereocenters. The molecule has 0 spiro atoms. The summed E-state index contributed by atoms with van der Waals surface area (Å²) in [5.41, 5.74) is 3.80. The zero-order valence-electron chi connectivity index (χ0n) is 31.2. The monoisotopic (exact) mass is 750 g/mol. The van der Waals surface area contributed by atoms with Crippen LogP contribution in [0.1, 0.15) is 50.7 Å². The number of hydrogen-bond acceptors (Lipinski definition) is 11. The number of nitrogens with zero attached hydrogens (tertiary/aromatic N) is 10. The molecule has 0 radical (unpaired) electrons. The highest BCUT2D eigenvalue weighted by Crippen LogP contribution is 2.31. The van der Waals surface area contributed by atoms with Crippen molar-refractivity contribution in [3.63, 3.8) is 0 Å². The van der Waals surface area contributed by atoms with Crippen LogP contribution in [0, 0.1) is 18.6 Å². The molecule has 7 heterocycles. The third kappa shape index (κ3) is 7.69. The lowest BCUT2D eigenvalue weighted by atomic mass is 10.0. The van der Waals surface area contributed by atoms with Crippen molar-refractivity contribution in [1.29, 1.82) is 0 Å². The zero-order valence-corrected chi connectivity index (χ0v) is 31.2. The van der Waals surface area contributed by atoms with Crippen LogP contribution in [0.3, 0.4) is 0 Å². The Bertz CT molecular complexity index is 2200. The molecule has 5 aromatic rings. The van der Waals surface area contributed by atoms with E-state index in [1.807, 2.05) is 55.8 Å². The van der Waals surface area contributed by atoms with Gasteiger partial charge in [0, 0.05) is 76.4 Å². The molecule has 55 heavy (non-hydrogen) atoms. The molecule has 14 nitrogen and oxygen atoms in total. The van der Waals surface area contributed by atoms with Gasteiger partial charge in [-0.2, -0.15) is 0 Å². The number of amides is 3. The molecule has 8 rings (SSSR count). The minimum absolute atomic E-state index is 0.0118. The maximum Gasteiger partial charge on any atom is 0.328 e. The number of halogens is 2. The first-order valence-electron chi connectivity index (χ1n) is 18.8. The highest BCUT2D eigenvalue weighted by molar-refractivity contribution is 6.05. The molecule has 3 amide bonds. The Labute approximate surface area is 317 Å². The van der Waals surface area contributed by atoms with Crippen LogP contribution in [0.15, 0.2) is 55.0 Å². The lowest BCUT2D eigenvalue weighted by molar-refractivity contribution is -0.120. The Morgan fingerprint density at radius 1 is 0.855 bits per heavy atom. The lowest BCUT2D eigenvalue weighted by Crippen LogP contribution is -2.53. The molecule has 0 aliphatic carbocycles. The smallest absolute Gasteiger partial charge is 0.328 e. The van der Waals surface area contributed by atoms with E-state index in [4.69, 9.17) is 0 Å². The first-order valence-corrected chi connectivity index (χ1v) is 18.8. The summed E-state index contributed by atoms with van der Waals surface area (Å²) in [6.07, 6.45) is 7.03. The van der Waals surface area contributed by atoms with E-state index in [1.54, 1.807) is 17.2 Å². The molecule has 3 fully saturated rings. The molecule has 16 heteroatoms. The minimum Gasteiger partial charge on any atom is -0.370 e. The average Bonchev–Trinajstić information content (AvgIpc) is 3.53. The van der Waals surface area contributed by atoms with Gasteiger partial charge in [-0.15, -0.1) is 0 Å². The highest BCUT2D eigenvalue weighted by Gasteiger charge is 2.29. The first-order chi connectivity index (χ1) is 26.6. The van der Waals surface area contributed by atoms with Crippen LogP contribution in [-0.2, 0) is 11.3 Å². The summed E-state index contributed by atoms with van der Waals surface area (Å²) in [6.45, 7) is 12.7. The number of anilines is 4. The van der Waals surface area contributed by atoms with E-state index in [2.05, 4.69) is 50.3 Å². The largest absolute Gasteiger partial charge is 0.370 e. The Morgan fingerprint density at radius 2 is 1.62 bits per heavy atom. The number of pyridine rings is 2. The summed E-state index contributed by atoms with van der Waals surface area (Å²) in [5, 5.41) is 5.42. The molecule has 0 saturated carbocycles. The van der Waals surface area contributed by atoms with Gasteiger partial charge in [-0.1, -0.05) is 0 Å². The van der Waals surface area contributed by atoms with Crippen molar-refractivity contribution < 1.29 is 18.4 Å². The van der Waals surface area contributed by atoms with Gasteiger partial charge in [0.2, 0.25) is 11.9 Å². The predicted molar refractivity (Wildman–Crippen MR) is 205 cm³/mol. The topological polar surface area (TPSA) is 141 Å². The molecule has 1 aromatic carbocycles. The second-order valence-electron chi connectivity index (χ2n) is 14.7. The molecular formula is C39H44F2N12O2. The third-order valence-corrected chi connectivity index (χ3v) is 10.8. The van der Waals surface area contributed by atoms with Gasteiger partial charge in [-0.05, 0) is 70.0 Å². The van der Waals surface area contributed by atoms with E-state index in [9.17, 15) is 9.59 Å². The van der Waals surface area contributed by atoms with Gasteiger partial charge in [-0.3, -0.25) is 29.8 Å². The summed E-state index contributed by atoms with van der Waals surface area (Å²) in [5.74, 6) is -0.0832. The van der Waals surface area contributed by atoms with Crippen LogP contribution in [0.4, 0.5) is 36.7 Å². The van der Waals surface area contributed by atoms with Crippen molar-refractivity contribution in [2.45, 2.75) is 58.7 Å². The number of nitrogens with one attached hydrogen (secondary N) is 2. The molecule has 3 aliphatic rings. The van der Waals surface area contributed by atoms with E-state index in [0.29, 0.717) is 41.0 Å². The number of urea groups is 1. The third-order valence-electron chi connectivity index (χ3n) is 10.8. The number of imidazole rings is 1. The fourth-order valence-corrected chi connectivity index (χ4v) is 7.93. The van der Waals surface area contributed by atoms with Crippen molar-refractivity contribution in [2.24, 2.45) is 0 Å². The predicted octanol–water partition coefficient (Wildman–Crippen LogP) is 5.43. The summed E-state index contributed by atoms with van der Waals surface area (Å²) in [6, 6.07) is 10.9. The Kier molecular flexibility index (Phi) is 10.1. The van der Waals surface area contributed by atoms with E-state index >= 15 is 8.78 Å².